The minimum atomic E-state index is -0.119. The highest BCUT2D eigenvalue weighted by molar-refractivity contribution is 5.24. The Morgan fingerprint density at radius 2 is 2.29 bits per heavy atom. The number of benzene rings is 1. The largest absolute Gasteiger partial charge is 0.326 e. The molecule has 0 amide bonds. The molecule has 1 aromatic carbocycles. The van der Waals surface area contributed by atoms with Crippen LogP contribution in [-0.2, 0) is 13.1 Å². The van der Waals surface area contributed by atoms with Crippen molar-refractivity contribution < 1.29 is 4.39 Å². The molecule has 1 atom stereocenters. The summed E-state index contributed by atoms with van der Waals surface area (Å²) in [6.45, 7) is 5.56. The molecule has 1 saturated heterocycles. The molecule has 0 saturated carbocycles. The highest BCUT2D eigenvalue weighted by Crippen LogP contribution is 2.19. The summed E-state index contributed by atoms with van der Waals surface area (Å²) in [6.07, 6.45) is 2.52. The lowest BCUT2D eigenvalue weighted by molar-refractivity contribution is 0.175. The Kier molecular flexibility index (Phi) is 4.13. The Morgan fingerprint density at radius 1 is 1.47 bits per heavy atom. The van der Waals surface area contributed by atoms with E-state index in [4.69, 9.17) is 5.73 Å². The van der Waals surface area contributed by atoms with Crippen LogP contribution in [0.4, 0.5) is 4.39 Å². The number of nitrogens with two attached hydrogens (primary N) is 1. The molecule has 1 aliphatic heterocycles. The molecule has 94 valence electrons. The molecule has 1 unspecified atom stereocenters. The summed E-state index contributed by atoms with van der Waals surface area (Å²) in [5, 5.41) is 0. The van der Waals surface area contributed by atoms with Gasteiger partial charge in [-0.05, 0) is 36.9 Å². The summed E-state index contributed by atoms with van der Waals surface area (Å²) in [5.41, 5.74) is 7.14. The topological polar surface area (TPSA) is 29.3 Å². The van der Waals surface area contributed by atoms with Crippen molar-refractivity contribution in [2.24, 2.45) is 11.7 Å². The number of likely N-dealkylation sites (tertiary alicyclic amines) is 1. The molecule has 2 N–H and O–H groups in total. The molecular weight excluding hydrogens is 215 g/mol. The van der Waals surface area contributed by atoms with E-state index in [0.29, 0.717) is 6.54 Å². The van der Waals surface area contributed by atoms with Crippen LogP contribution in [0.2, 0.25) is 0 Å². The standard InChI is InChI=1S/C14H21FN2/c1-11-3-2-6-17(9-11)10-13-5-4-12(8-16)7-14(13)15/h4-5,7,11H,2-3,6,8-10,16H2,1H3. The Labute approximate surface area is 103 Å². The molecular formula is C14H21FN2. The van der Waals surface area contributed by atoms with Gasteiger partial charge in [-0.2, -0.15) is 0 Å². The van der Waals surface area contributed by atoms with Crippen molar-refractivity contribution in [3.8, 4) is 0 Å². The average Bonchev–Trinajstić information content (AvgIpc) is 2.32. The zero-order valence-electron chi connectivity index (χ0n) is 10.5. The number of halogens is 1. The van der Waals surface area contributed by atoms with Gasteiger partial charge in [-0.25, -0.2) is 4.39 Å². The lowest BCUT2D eigenvalue weighted by atomic mass is 9.99. The second kappa shape index (κ2) is 5.61. The van der Waals surface area contributed by atoms with Crippen molar-refractivity contribution in [2.45, 2.75) is 32.9 Å². The molecule has 17 heavy (non-hydrogen) atoms. The van der Waals surface area contributed by atoms with Gasteiger partial charge in [-0.3, -0.25) is 4.90 Å². The minimum absolute atomic E-state index is 0.119. The van der Waals surface area contributed by atoms with E-state index in [1.54, 1.807) is 6.07 Å². The van der Waals surface area contributed by atoms with Gasteiger partial charge >= 0.3 is 0 Å². The van der Waals surface area contributed by atoms with E-state index in [-0.39, 0.29) is 5.82 Å². The van der Waals surface area contributed by atoms with Gasteiger partial charge in [0.15, 0.2) is 0 Å². The van der Waals surface area contributed by atoms with Gasteiger partial charge in [0, 0.05) is 25.2 Å². The van der Waals surface area contributed by atoms with Crippen LogP contribution in [0.15, 0.2) is 18.2 Å². The Morgan fingerprint density at radius 3 is 2.94 bits per heavy atom. The van der Waals surface area contributed by atoms with E-state index < -0.39 is 0 Å². The second-order valence-corrected chi connectivity index (χ2v) is 5.11. The molecule has 0 spiro atoms. The first-order chi connectivity index (χ1) is 8.19. The molecule has 1 aromatic rings. The van der Waals surface area contributed by atoms with E-state index in [9.17, 15) is 4.39 Å². The zero-order chi connectivity index (χ0) is 12.3. The Balaban J connectivity index is 2.02. The minimum Gasteiger partial charge on any atom is -0.326 e. The lowest BCUT2D eigenvalue weighted by Crippen LogP contribution is -2.33. The van der Waals surface area contributed by atoms with Crippen molar-refractivity contribution in [1.82, 2.24) is 4.90 Å². The van der Waals surface area contributed by atoms with E-state index in [0.717, 1.165) is 36.7 Å². The second-order valence-electron chi connectivity index (χ2n) is 5.11. The summed E-state index contributed by atoms with van der Waals surface area (Å²) in [4.78, 5) is 2.34. The molecule has 3 heteroatoms. The van der Waals surface area contributed by atoms with Gasteiger partial charge in [-0.15, -0.1) is 0 Å². The summed E-state index contributed by atoms with van der Waals surface area (Å²) in [5.74, 6) is 0.612. The number of rotatable bonds is 3. The first-order valence-electron chi connectivity index (χ1n) is 6.38. The molecule has 0 aromatic heterocycles. The smallest absolute Gasteiger partial charge is 0.128 e. The first kappa shape index (κ1) is 12.5. The Hall–Kier alpha value is -0.930. The van der Waals surface area contributed by atoms with Crippen LogP contribution in [0, 0.1) is 11.7 Å². The SMILES string of the molecule is CC1CCCN(Cc2ccc(CN)cc2F)C1. The predicted molar refractivity (Wildman–Crippen MR) is 68.0 cm³/mol. The molecule has 1 fully saturated rings. The average molecular weight is 236 g/mol. The summed E-state index contributed by atoms with van der Waals surface area (Å²) in [6, 6.07) is 5.35. The number of hydrogen-bond acceptors (Lipinski definition) is 2. The van der Waals surface area contributed by atoms with Crippen molar-refractivity contribution >= 4 is 0 Å². The van der Waals surface area contributed by atoms with Crippen LogP contribution in [-0.4, -0.2) is 18.0 Å². The number of hydrogen-bond donors (Lipinski definition) is 1. The fraction of sp³-hybridized carbons (Fsp3) is 0.571. The van der Waals surface area contributed by atoms with Crippen LogP contribution in [0.25, 0.3) is 0 Å². The van der Waals surface area contributed by atoms with Crippen molar-refractivity contribution in [1.29, 1.82) is 0 Å². The van der Waals surface area contributed by atoms with Crippen LogP contribution in [0.3, 0.4) is 0 Å². The van der Waals surface area contributed by atoms with E-state index in [1.165, 1.54) is 12.8 Å². The van der Waals surface area contributed by atoms with Crippen molar-refractivity contribution in [2.75, 3.05) is 13.1 Å². The molecule has 2 nitrogen and oxygen atoms in total. The Bertz CT molecular complexity index is 378. The molecule has 0 aliphatic carbocycles. The van der Waals surface area contributed by atoms with Gasteiger partial charge in [0.05, 0.1) is 0 Å². The van der Waals surface area contributed by atoms with Crippen LogP contribution in [0.1, 0.15) is 30.9 Å². The quantitative estimate of drug-likeness (QED) is 0.873. The molecule has 1 aliphatic rings. The predicted octanol–water partition coefficient (Wildman–Crippen LogP) is 2.52. The zero-order valence-corrected chi connectivity index (χ0v) is 10.5. The van der Waals surface area contributed by atoms with E-state index in [1.807, 2.05) is 12.1 Å². The maximum atomic E-state index is 13.8. The van der Waals surface area contributed by atoms with E-state index in [2.05, 4.69) is 11.8 Å². The van der Waals surface area contributed by atoms with Crippen molar-refractivity contribution in [3.63, 3.8) is 0 Å². The first-order valence-corrected chi connectivity index (χ1v) is 6.38. The molecule has 0 bridgehead atoms. The van der Waals surface area contributed by atoms with Gasteiger partial charge in [-0.1, -0.05) is 19.1 Å². The maximum Gasteiger partial charge on any atom is 0.128 e. The van der Waals surface area contributed by atoms with Crippen molar-refractivity contribution in [3.05, 3.63) is 35.1 Å². The van der Waals surface area contributed by atoms with Gasteiger partial charge in [0.2, 0.25) is 0 Å². The normalized spacial score (nSPS) is 21.7. The third-order valence-corrected chi connectivity index (χ3v) is 3.49. The summed E-state index contributed by atoms with van der Waals surface area (Å²) >= 11 is 0. The lowest BCUT2D eigenvalue weighted by Gasteiger charge is -2.30. The van der Waals surface area contributed by atoms with Gasteiger partial charge in [0.25, 0.3) is 0 Å². The molecule has 2 rings (SSSR count). The third kappa shape index (κ3) is 3.27. The highest BCUT2D eigenvalue weighted by Gasteiger charge is 2.17. The number of piperidine rings is 1. The van der Waals surface area contributed by atoms with Gasteiger partial charge in [0.1, 0.15) is 5.82 Å². The molecule has 0 radical (unpaired) electrons. The monoisotopic (exact) mass is 236 g/mol. The van der Waals surface area contributed by atoms with Crippen LogP contribution >= 0.6 is 0 Å². The van der Waals surface area contributed by atoms with Crippen LogP contribution < -0.4 is 5.73 Å². The summed E-state index contributed by atoms with van der Waals surface area (Å²) in [7, 11) is 0. The number of nitrogens with zero attached hydrogens (tertiary/aromatic N) is 1. The molecule has 1 heterocycles. The van der Waals surface area contributed by atoms with Crippen LogP contribution in [0.5, 0.6) is 0 Å². The highest BCUT2D eigenvalue weighted by atomic mass is 19.1. The maximum absolute atomic E-state index is 13.8. The third-order valence-electron chi connectivity index (χ3n) is 3.49. The summed E-state index contributed by atoms with van der Waals surface area (Å²) < 4.78 is 13.8. The van der Waals surface area contributed by atoms with E-state index >= 15 is 0 Å². The van der Waals surface area contributed by atoms with Gasteiger partial charge < -0.3 is 5.73 Å². The fourth-order valence-corrected chi connectivity index (χ4v) is 2.52. The fourth-order valence-electron chi connectivity index (χ4n) is 2.52.